The van der Waals surface area contributed by atoms with Crippen molar-refractivity contribution in [3.05, 3.63) is 28.7 Å². The monoisotopic (exact) mass is 369 g/mol. The Morgan fingerprint density at radius 2 is 2.00 bits per heavy atom. The molecule has 6 nitrogen and oxygen atoms in total. The molecule has 8 heteroatoms. The van der Waals surface area contributed by atoms with E-state index in [0.29, 0.717) is 17.7 Å². The molecule has 0 bridgehead atoms. The highest BCUT2D eigenvalue weighted by molar-refractivity contribution is 9.10. The van der Waals surface area contributed by atoms with Gasteiger partial charge in [0.15, 0.2) is 5.16 Å². The lowest BCUT2D eigenvalue weighted by Gasteiger charge is -2.15. The predicted octanol–water partition coefficient (Wildman–Crippen LogP) is 2.82. The molecule has 1 heterocycles. The normalized spacial score (nSPS) is 12.0. The summed E-state index contributed by atoms with van der Waals surface area (Å²) >= 11 is 4.80. The molecule has 0 amide bonds. The molecule has 2 rings (SSSR count). The number of aromatic nitrogens is 3. The molecule has 1 unspecified atom stereocenters. The van der Waals surface area contributed by atoms with Gasteiger partial charge in [0.2, 0.25) is 11.9 Å². The van der Waals surface area contributed by atoms with Crippen LogP contribution in [0.5, 0.6) is 5.75 Å². The minimum atomic E-state index is 0.0325. The summed E-state index contributed by atoms with van der Waals surface area (Å²) in [5.74, 6) is 1.48. The predicted molar refractivity (Wildman–Crippen MR) is 88.7 cm³/mol. The summed E-state index contributed by atoms with van der Waals surface area (Å²) in [4.78, 5) is 12.3. The average molecular weight is 370 g/mol. The van der Waals surface area contributed by atoms with E-state index in [1.807, 2.05) is 37.4 Å². The number of thioether (sulfide) groups is 1. The van der Waals surface area contributed by atoms with Gasteiger partial charge >= 0.3 is 0 Å². The summed E-state index contributed by atoms with van der Waals surface area (Å²) in [5, 5.41) is 3.74. The van der Waals surface area contributed by atoms with E-state index in [0.717, 1.165) is 10.2 Å². The third kappa shape index (κ3) is 5.05. The number of rotatable bonds is 6. The molecule has 3 N–H and O–H groups in total. The van der Waals surface area contributed by atoms with Gasteiger partial charge in [-0.15, -0.1) is 0 Å². The van der Waals surface area contributed by atoms with Gasteiger partial charge in [-0.2, -0.15) is 15.0 Å². The van der Waals surface area contributed by atoms with Crippen LogP contribution in [0.3, 0.4) is 0 Å². The molecule has 0 saturated carbocycles. The Morgan fingerprint density at radius 1 is 1.29 bits per heavy atom. The zero-order chi connectivity index (χ0) is 15.2. The summed E-state index contributed by atoms with van der Waals surface area (Å²) in [5.41, 5.74) is 5.64. The van der Waals surface area contributed by atoms with E-state index in [2.05, 4.69) is 36.2 Å². The van der Waals surface area contributed by atoms with E-state index < -0.39 is 0 Å². The van der Waals surface area contributed by atoms with Crippen molar-refractivity contribution >= 4 is 39.6 Å². The summed E-state index contributed by atoms with van der Waals surface area (Å²) < 4.78 is 6.71. The quantitative estimate of drug-likeness (QED) is 0.756. The Morgan fingerprint density at radius 3 is 2.67 bits per heavy atom. The van der Waals surface area contributed by atoms with Gasteiger partial charge in [-0.25, -0.2) is 0 Å². The number of nitrogens with two attached hydrogens (primary N) is 1. The molecule has 0 saturated heterocycles. The van der Waals surface area contributed by atoms with Crippen molar-refractivity contribution in [2.45, 2.75) is 18.1 Å². The summed E-state index contributed by atoms with van der Waals surface area (Å²) in [6, 6.07) is 7.72. The maximum absolute atomic E-state index is 5.69. The SMILES string of the molecule is CSc1nc(N)nc(NC(C)COc2ccc(Br)cc2)n1. The van der Waals surface area contributed by atoms with E-state index in [4.69, 9.17) is 10.5 Å². The molecule has 2 aromatic rings. The van der Waals surface area contributed by atoms with E-state index >= 15 is 0 Å². The zero-order valence-corrected chi connectivity index (χ0v) is 14.1. The molecule has 1 atom stereocenters. The van der Waals surface area contributed by atoms with Crippen molar-refractivity contribution in [3.8, 4) is 5.75 Å². The number of anilines is 2. The van der Waals surface area contributed by atoms with Crippen molar-refractivity contribution in [2.24, 2.45) is 0 Å². The lowest BCUT2D eigenvalue weighted by Crippen LogP contribution is -2.25. The van der Waals surface area contributed by atoms with Gasteiger partial charge in [-0.3, -0.25) is 0 Å². The molecule has 0 fully saturated rings. The average Bonchev–Trinajstić information content (AvgIpc) is 2.46. The van der Waals surface area contributed by atoms with Gasteiger partial charge in [0.25, 0.3) is 0 Å². The summed E-state index contributed by atoms with van der Waals surface area (Å²) in [6.07, 6.45) is 1.89. The Bertz CT molecular complexity index is 596. The van der Waals surface area contributed by atoms with Crippen LogP contribution >= 0.6 is 27.7 Å². The van der Waals surface area contributed by atoms with Crippen molar-refractivity contribution in [1.29, 1.82) is 0 Å². The second-order valence-electron chi connectivity index (χ2n) is 4.31. The van der Waals surface area contributed by atoms with Gasteiger partial charge in [-0.05, 0) is 37.4 Å². The van der Waals surface area contributed by atoms with Crippen molar-refractivity contribution in [2.75, 3.05) is 23.9 Å². The third-order valence-corrected chi connectivity index (χ3v) is 3.58. The first kappa shape index (κ1) is 15.8. The van der Waals surface area contributed by atoms with E-state index in [1.54, 1.807) is 0 Å². The molecular weight excluding hydrogens is 354 g/mol. The highest BCUT2D eigenvalue weighted by atomic mass is 79.9. The Kier molecular flexibility index (Phi) is 5.63. The Balaban J connectivity index is 1.90. The van der Waals surface area contributed by atoms with E-state index in [1.165, 1.54) is 11.8 Å². The molecule has 0 radical (unpaired) electrons. The fraction of sp³-hybridized carbons (Fsp3) is 0.308. The Labute approximate surface area is 136 Å². The van der Waals surface area contributed by atoms with Crippen LogP contribution in [0.15, 0.2) is 33.9 Å². The molecule has 1 aromatic heterocycles. The maximum atomic E-state index is 5.69. The number of nitrogen functional groups attached to an aromatic ring is 1. The van der Waals surface area contributed by atoms with Gasteiger partial charge < -0.3 is 15.8 Å². The van der Waals surface area contributed by atoms with Gasteiger partial charge in [0.1, 0.15) is 12.4 Å². The number of hydrogen-bond acceptors (Lipinski definition) is 7. The second-order valence-corrected chi connectivity index (χ2v) is 6.00. The highest BCUT2D eigenvalue weighted by Gasteiger charge is 2.08. The first-order valence-electron chi connectivity index (χ1n) is 6.27. The number of nitrogens with zero attached hydrogens (tertiary/aromatic N) is 3. The first-order valence-corrected chi connectivity index (χ1v) is 8.29. The van der Waals surface area contributed by atoms with Crippen molar-refractivity contribution in [3.63, 3.8) is 0 Å². The zero-order valence-electron chi connectivity index (χ0n) is 11.7. The maximum Gasteiger partial charge on any atom is 0.228 e. The smallest absolute Gasteiger partial charge is 0.228 e. The molecule has 0 aliphatic rings. The van der Waals surface area contributed by atoms with Gasteiger partial charge in [-0.1, -0.05) is 27.7 Å². The van der Waals surface area contributed by atoms with Gasteiger partial charge in [0, 0.05) is 4.47 Å². The number of ether oxygens (including phenoxy) is 1. The minimum Gasteiger partial charge on any atom is -0.491 e. The van der Waals surface area contributed by atoms with Crippen LogP contribution in [0, 0.1) is 0 Å². The number of benzene rings is 1. The largest absolute Gasteiger partial charge is 0.491 e. The van der Waals surface area contributed by atoms with Crippen molar-refractivity contribution in [1.82, 2.24) is 15.0 Å². The number of halogens is 1. The Hall–Kier alpha value is -1.54. The highest BCUT2D eigenvalue weighted by Crippen LogP contribution is 2.17. The fourth-order valence-corrected chi connectivity index (χ4v) is 2.17. The minimum absolute atomic E-state index is 0.0325. The van der Waals surface area contributed by atoms with Crippen LogP contribution in [0.1, 0.15) is 6.92 Å². The topological polar surface area (TPSA) is 86.0 Å². The summed E-state index contributed by atoms with van der Waals surface area (Å²) in [6.45, 7) is 2.47. The van der Waals surface area contributed by atoms with Crippen LogP contribution in [-0.2, 0) is 0 Å². The van der Waals surface area contributed by atoms with Crippen LogP contribution < -0.4 is 15.8 Å². The van der Waals surface area contributed by atoms with Crippen LogP contribution in [-0.4, -0.2) is 33.9 Å². The summed E-state index contributed by atoms with van der Waals surface area (Å²) in [7, 11) is 0. The molecular formula is C13H16BrN5OS. The molecule has 0 aliphatic heterocycles. The van der Waals surface area contributed by atoms with Crippen LogP contribution in [0.25, 0.3) is 0 Å². The number of nitrogens with one attached hydrogen (secondary N) is 1. The third-order valence-electron chi connectivity index (χ3n) is 2.50. The lowest BCUT2D eigenvalue weighted by atomic mass is 10.3. The molecule has 21 heavy (non-hydrogen) atoms. The van der Waals surface area contributed by atoms with Crippen molar-refractivity contribution < 1.29 is 4.74 Å². The molecule has 0 spiro atoms. The second kappa shape index (κ2) is 7.46. The molecule has 112 valence electrons. The van der Waals surface area contributed by atoms with Crippen LogP contribution in [0.4, 0.5) is 11.9 Å². The fourth-order valence-electron chi connectivity index (χ4n) is 1.54. The molecule has 0 aliphatic carbocycles. The van der Waals surface area contributed by atoms with Gasteiger partial charge in [0.05, 0.1) is 6.04 Å². The van der Waals surface area contributed by atoms with Crippen LogP contribution in [0.2, 0.25) is 0 Å². The standard InChI is InChI=1S/C13H16BrN5OS/c1-8(7-20-10-5-3-9(14)4-6-10)16-12-17-11(15)18-13(19-12)21-2/h3-6,8H,7H2,1-2H3,(H3,15,16,17,18,19). The lowest BCUT2D eigenvalue weighted by molar-refractivity contribution is 0.303. The molecule has 1 aromatic carbocycles. The first-order chi connectivity index (χ1) is 10.1. The van der Waals surface area contributed by atoms with E-state index in [-0.39, 0.29) is 12.0 Å². The number of hydrogen-bond donors (Lipinski definition) is 2. The van der Waals surface area contributed by atoms with E-state index in [9.17, 15) is 0 Å².